The van der Waals surface area contributed by atoms with E-state index in [-0.39, 0.29) is 0 Å². The highest BCUT2D eigenvalue weighted by Gasteiger charge is 2.43. The molecule has 4 aliphatic rings. The van der Waals surface area contributed by atoms with Crippen LogP contribution in [0.5, 0.6) is 5.75 Å². The van der Waals surface area contributed by atoms with Crippen LogP contribution in [0.1, 0.15) is 56.9 Å². The van der Waals surface area contributed by atoms with E-state index in [4.69, 9.17) is 10.5 Å². The molecule has 3 unspecified atom stereocenters. The average molecular weight is 314 g/mol. The lowest BCUT2D eigenvalue weighted by molar-refractivity contribution is -0.0620. The molecule has 0 spiro atoms. The molecule has 3 atom stereocenters. The second-order valence-corrected chi connectivity index (χ2v) is 7.72. The zero-order valence-electron chi connectivity index (χ0n) is 14.1. The molecule has 0 amide bonds. The van der Waals surface area contributed by atoms with Crippen LogP contribution in [-0.2, 0) is 6.54 Å². The molecule has 3 nitrogen and oxygen atoms in total. The van der Waals surface area contributed by atoms with Crippen molar-refractivity contribution in [3.05, 3.63) is 29.8 Å². The van der Waals surface area contributed by atoms with E-state index in [9.17, 15) is 0 Å². The second kappa shape index (κ2) is 6.82. The molecule has 1 aromatic rings. The smallest absolute Gasteiger partial charge is 0.119 e. The topological polar surface area (TPSA) is 38.5 Å². The Labute approximate surface area is 140 Å². The maximum Gasteiger partial charge on any atom is 0.119 e. The Balaban J connectivity index is 1.39. The Hall–Kier alpha value is -1.06. The van der Waals surface area contributed by atoms with Gasteiger partial charge in [-0.2, -0.15) is 0 Å². The predicted octanol–water partition coefficient (Wildman–Crippen LogP) is 3.71. The molecule has 2 heterocycles. The first-order valence-electron chi connectivity index (χ1n) is 9.55. The Morgan fingerprint density at radius 3 is 2.39 bits per heavy atom. The molecule has 23 heavy (non-hydrogen) atoms. The van der Waals surface area contributed by atoms with Crippen LogP contribution >= 0.6 is 0 Å². The number of piperidine rings is 2. The summed E-state index contributed by atoms with van der Waals surface area (Å²) < 4.78 is 6.36. The van der Waals surface area contributed by atoms with Crippen LogP contribution in [-0.4, -0.2) is 29.6 Å². The summed E-state index contributed by atoms with van der Waals surface area (Å²) in [5, 5.41) is 0. The quantitative estimate of drug-likeness (QED) is 0.921. The molecule has 3 heteroatoms. The van der Waals surface area contributed by atoms with Crippen LogP contribution < -0.4 is 10.5 Å². The Morgan fingerprint density at radius 2 is 1.74 bits per heavy atom. The highest BCUT2D eigenvalue weighted by molar-refractivity contribution is 5.27. The van der Waals surface area contributed by atoms with Crippen molar-refractivity contribution < 1.29 is 4.74 Å². The molecule has 2 aliphatic carbocycles. The summed E-state index contributed by atoms with van der Waals surface area (Å²) in [7, 11) is 0. The lowest BCUT2D eigenvalue weighted by Gasteiger charge is -2.52. The normalized spacial score (nSPS) is 32.1. The summed E-state index contributed by atoms with van der Waals surface area (Å²) >= 11 is 0. The van der Waals surface area contributed by atoms with Crippen molar-refractivity contribution in [3.63, 3.8) is 0 Å². The number of nitrogens with two attached hydrogens (primary N) is 1. The lowest BCUT2D eigenvalue weighted by Crippen LogP contribution is -2.58. The largest absolute Gasteiger partial charge is 0.490 e. The maximum atomic E-state index is 6.36. The van der Waals surface area contributed by atoms with Gasteiger partial charge < -0.3 is 10.5 Å². The van der Waals surface area contributed by atoms with Crippen LogP contribution in [0.2, 0.25) is 0 Å². The van der Waals surface area contributed by atoms with E-state index in [1.54, 1.807) is 0 Å². The van der Waals surface area contributed by atoms with Crippen LogP contribution in [0, 0.1) is 5.92 Å². The first-order valence-corrected chi connectivity index (χ1v) is 9.55. The van der Waals surface area contributed by atoms with Gasteiger partial charge >= 0.3 is 0 Å². The Kier molecular flexibility index (Phi) is 4.59. The summed E-state index contributed by atoms with van der Waals surface area (Å²) in [4.78, 5) is 2.85. The van der Waals surface area contributed by atoms with E-state index in [2.05, 4.69) is 29.2 Å². The summed E-state index contributed by atoms with van der Waals surface area (Å²) in [5.41, 5.74) is 6.85. The molecule has 0 radical (unpaired) electrons. The van der Waals surface area contributed by atoms with Crippen molar-refractivity contribution in [1.29, 1.82) is 0 Å². The van der Waals surface area contributed by atoms with E-state index in [0.29, 0.717) is 12.6 Å². The predicted molar refractivity (Wildman–Crippen MR) is 93.5 cm³/mol. The molecule has 5 rings (SSSR count). The second-order valence-electron chi connectivity index (χ2n) is 7.72. The third kappa shape index (κ3) is 3.27. The summed E-state index contributed by atoms with van der Waals surface area (Å²) in [6, 6.07) is 9.97. The molecule has 126 valence electrons. The van der Waals surface area contributed by atoms with Crippen LogP contribution in [0.3, 0.4) is 0 Å². The highest BCUT2D eigenvalue weighted by Crippen LogP contribution is 2.40. The van der Waals surface area contributed by atoms with Crippen molar-refractivity contribution in [3.8, 4) is 5.75 Å². The molecule has 2 saturated carbocycles. The summed E-state index contributed by atoms with van der Waals surface area (Å²) in [5.74, 6) is 1.74. The molecule has 1 aromatic carbocycles. The summed E-state index contributed by atoms with van der Waals surface area (Å²) in [6.45, 7) is 1.87. The van der Waals surface area contributed by atoms with Gasteiger partial charge in [-0.25, -0.2) is 0 Å². The van der Waals surface area contributed by atoms with Crippen LogP contribution in [0.15, 0.2) is 24.3 Å². The molecule has 2 N–H and O–H groups in total. The van der Waals surface area contributed by atoms with Gasteiger partial charge in [0.15, 0.2) is 0 Å². The lowest BCUT2D eigenvalue weighted by atomic mass is 9.75. The minimum Gasteiger partial charge on any atom is -0.490 e. The van der Waals surface area contributed by atoms with Gasteiger partial charge in [0.2, 0.25) is 0 Å². The number of ether oxygens (including phenoxy) is 1. The average Bonchev–Trinajstić information content (AvgIpc) is 2.64. The van der Waals surface area contributed by atoms with Crippen molar-refractivity contribution in [2.45, 2.75) is 76.1 Å². The standard InChI is InChI=1S/C20H30N2O/c21-13-15-6-10-19(11-7-15)23-20-12-18-9-8-16(20)14-22(18)17-4-2-1-3-5-17/h6-7,10-11,16-18,20H,1-5,8-9,12-14,21H2. The number of fused-ring (bicyclic) bond motifs is 3. The van der Waals surface area contributed by atoms with Gasteiger partial charge in [-0.15, -0.1) is 0 Å². The van der Waals surface area contributed by atoms with Crippen LogP contribution in [0.25, 0.3) is 0 Å². The van der Waals surface area contributed by atoms with Gasteiger partial charge in [0.25, 0.3) is 0 Å². The van der Waals surface area contributed by atoms with Gasteiger partial charge in [0, 0.05) is 37.5 Å². The number of rotatable bonds is 4. The monoisotopic (exact) mass is 314 g/mol. The number of benzene rings is 1. The van der Waals surface area contributed by atoms with E-state index in [1.165, 1.54) is 63.5 Å². The Bertz CT molecular complexity index is 509. The van der Waals surface area contributed by atoms with Crippen molar-refractivity contribution in [1.82, 2.24) is 4.90 Å². The third-order valence-corrected chi connectivity index (χ3v) is 6.31. The fourth-order valence-electron chi connectivity index (χ4n) is 4.98. The van der Waals surface area contributed by atoms with Crippen LogP contribution in [0.4, 0.5) is 0 Å². The fraction of sp³-hybridized carbons (Fsp3) is 0.700. The molecule has 2 bridgehead atoms. The molecule has 0 aromatic heterocycles. The fourth-order valence-corrected chi connectivity index (χ4v) is 4.98. The minimum absolute atomic E-state index is 0.414. The minimum atomic E-state index is 0.414. The Morgan fingerprint density at radius 1 is 0.957 bits per heavy atom. The molecule has 2 aliphatic heterocycles. The van der Waals surface area contributed by atoms with Gasteiger partial charge in [-0.05, 0) is 43.4 Å². The zero-order valence-corrected chi connectivity index (χ0v) is 14.1. The molecule has 2 saturated heterocycles. The maximum absolute atomic E-state index is 6.36. The molecule has 4 fully saturated rings. The summed E-state index contributed by atoms with van der Waals surface area (Å²) in [6.07, 6.45) is 11.5. The van der Waals surface area contributed by atoms with Crippen molar-refractivity contribution >= 4 is 0 Å². The van der Waals surface area contributed by atoms with E-state index >= 15 is 0 Å². The first-order chi connectivity index (χ1) is 11.3. The van der Waals surface area contributed by atoms with Crippen molar-refractivity contribution in [2.24, 2.45) is 11.7 Å². The SMILES string of the molecule is NCc1ccc(OC2CC3CCC2CN3C2CCCCC2)cc1. The van der Waals surface area contributed by atoms with Crippen molar-refractivity contribution in [2.75, 3.05) is 6.54 Å². The van der Waals surface area contributed by atoms with Gasteiger partial charge in [0.05, 0.1) is 0 Å². The molecular weight excluding hydrogens is 284 g/mol. The zero-order chi connectivity index (χ0) is 15.6. The van der Waals surface area contributed by atoms with Gasteiger partial charge in [-0.3, -0.25) is 4.90 Å². The number of hydrogen-bond donors (Lipinski definition) is 1. The number of hydrogen-bond acceptors (Lipinski definition) is 3. The molecular formula is C20H30N2O. The van der Waals surface area contributed by atoms with E-state index in [1.807, 2.05) is 0 Å². The van der Waals surface area contributed by atoms with Gasteiger partial charge in [0.1, 0.15) is 11.9 Å². The first kappa shape index (κ1) is 15.5. The van der Waals surface area contributed by atoms with Gasteiger partial charge in [-0.1, -0.05) is 31.4 Å². The van der Waals surface area contributed by atoms with E-state index in [0.717, 1.165) is 23.8 Å². The number of nitrogens with zero attached hydrogens (tertiary/aromatic N) is 1. The van der Waals surface area contributed by atoms with E-state index < -0.39 is 0 Å². The third-order valence-electron chi connectivity index (χ3n) is 6.31. The highest BCUT2D eigenvalue weighted by atomic mass is 16.5.